The Morgan fingerprint density at radius 2 is 2.40 bits per heavy atom. The van der Waals surface area contributed by atoms with E-state index in [9.17, 15) is 4.79 Å². The Balaban J connectivity index is 2.31. The maximum absolute atomic E-state index is 11.7. The number of nitriles is 1. The van der Waals surface area contributed by atoms with Crippen LogP contribution in [0, 0.1) is 17.4 Å². The van der Waals surface area contributed by atoms with Crippen LogP contribution in [0.15, 0.2) is 0 Å². The average Bonchev–Trinajstić information content (AvgIpc) is 2.64. The maximum Gasteiger partial charge on any atom is 0.243 e. The summed E-state index contributed by atoms with van der Waals surface area (Å²) in [5.41, 5.74) is 0. The van der Waals surface area contributed by atoms with E-state index in [4.69, 9.17) is 5.26 Å². The van der Waals surface area contributed by atoms with Gasteiger partial charge in [-0.3, -0.25) is 9.69 Å². The predicted molar refractivity (Wildman–Crippen MR) is 57.8 cm³/mol. The van der Waals surface area contributed by atoms with Crippen molar-refractivity contribution in [3.05, 3.63) is 0 Å². The fourth-order valence-corrected chi connectivity index (χ4v) is 1.76. The van der Waals surface area contributed by atoms with Crippen molar-refractivity contribution in [2.75, 3.05) is 13.1 Å². The maximum atomic E-state index is 11.7. The van der Waals surface area contributed by atoms with Crippen LogP contribution in [0.2, 0.25) is 0 Å². The highest BCUT2D eigenvalue weighted by Crippen LogP contribution is 2.15. The van der Waals surface area contributed by atoms with Gasteiger partial charge in [0.15, 0.2) is 6.19 Å². The molecule has 1 amide bonds. The predicted octanol–water partition coefficient (Wildman–Crippen LogP) is 1.09. The molecule has 0 unspecified atom stereocenters. The molecule has 1 aliphatic rings. The summed E-state index contributed by atoms with van der Waals surface area (Å²) in [4.78, 5) is 13.3. The van der Waals surface area contributed by atoms with Crippen molar-refractivity contribution >= 4 is 5.91 Å². The SMILES string of the molecule is CC(C)CCNC(=O)[C@@H]1CCCN1C#N. The standard InChI is InChI=1S/C11H19N3O/c1-9(2)5-6-13-11(15)10-4-3-7-14(10)8-12/h9-10H,3-7H2,1-2H3,(H,13,15)/t10-/m0/s1. The number of nitrogens with zero attached hydrogens (tertiary/aromatic N) is 2. The normalized spacial score (nSPS) is 20.4. The van der Waals surface area contributed by atoms with Gasteiger partial charge in [0.25, 0.3) is 0 Å². The summed E-state index contributed by atoms with van der Waals surface area (Å²) in [6, 6.07) is -0.220. The average molecular weight is 209 g/mol. The molecule has 15 heavy (non-hydrogen) atoms. The lowest BCUT2D eigenvalue weighted by Crippen LogP contribution is -2.41. The zero-order valence-electron chi connectivity index (χ0n) is 9.49. The van der Waals surface area contributed by atoms with Crippen LogP contribution >= 0.6 is 0 Å². The first-order valence-corrected chi connectivity index (χ1v) is 5.59. The van der Waals surface area contributed by atoms with Crippen LogP contribution in [0.1, 0.15) is 33.1 Å². The molecule has 4 heteroatoms. The molecule has 4 nitrogen and oxygen atoms in total. The molecule has 1 saturated heterocycles. The van der Waals surface area contributed by atoms with Gasteiger partial charge in [0, 0.05) is 13.1 Å². The highest BCUT2D eigenvalue weighted by molar-refractivity contribution is 5.82. The van der Waals surface area contributed by atoms with Crippen molar-refractivity contribution in [1.29, 1.82) is 5.26 Å². The fourth-order valence-electron chi connectivity index (χ4n) is 1.76. The van der Waals surface area contributed by atoms with E-state index in [1.165, 1.54) is 0 Å². The zero-order chi connectivity index (χ0) is 11.3. The molecule has 1 fully saturated rings. The minimum atomic E-state index is -0.220. The van der Waals surface area contributed by atoms with Crippen LogP contribution in [0.25, 0.3) is 0 Å². The fraction of sp³-hybridized carbons (Fsp3) is 0.818. The van der Waals surface area contributed by atoms with E-state index >= 15 is 0 Å². The lowest BCUT2D eigenvalue weighted by molar-refractivity contribution is -0.124. The van der Waals surface area contributed by atoms with Crippen LogP contribution in [0.4, 0.5) is 0 Å². The highest BCUT2D eigenvalue weighted by atomic mass is 16.2. The van der Waals surface area contributed by atoms with Crippen LogP contribution < -0.4 is 5.32 Å². The summed E-state index contributed by atoms with van der Waals surface area (Å²) >= 11 is 0. The molecule has 1 N–H and O–H groups in total. The second-order valence-electron chi connectivity index (χ2n) is 4.42. The third-order valence-electron chi connectivity index (χ3n) is 2.70. The van der Waals surface area contributed by atoms with Gasteiger partial charge in [0.1, 0.15) is 6.04 Å². The van der Waals surface area contributed by atoms with E-state index in [1.807, 2.05) is 0 Å². The number of hydrogen-bond acceptors (Lipinski definition) is 3. The van der Waals surface area contributed by atoms with Gasteiger partial charge in [-0.15, -0.1) is 0 Å². The van der Waals surface area contributed by atoms with E-state index in [-0.39, 0.29) is 11.9 Å². The van der Waals surface area contributed by atoms with Gasteiger partial charge in [-0.05, 0) is 25.2 Å². The van der Waals surface area contributed by atoms with E-state index in [0.29, 0.717) is 12.5 Å². The zero-order valence-corrected chi connectivity index (χ0v) is 9.49. The quantitative estimate of drug-likeness (QED) is 0.705. The lowest BCUT2D eigenvalue weighted by Gasteiger charge is -2.17. The first kappa shape index (κ1) is 11.8. The van der Waals surface area contributed by atoms with Crippen LogP contribution in [-0.4, -0.2) is 29.9 Å². The molecule has 0 aliphatic carbocycles. The van der Waals surface area contributed by atoms with Gasteiger partial charge in [-0.25, -0.2) is 0 Å². The molecule has 1 atom stereocenters. The van der Waals surface area contributed by atoms with Crippen molar-refractivity contribution in [2.45, 2.75) is 39.2 Å². The summed E-state index contributed by atoms with van der Waals surface area (Å²) in [5.74, 6) is 0.607. The Labute approximate surface area is 91.2 Å². The molecule has 1 rings (SSSR count). The molecule has 0 spiro atoms. The Hall–Kier alpha value is -1.24. The number of likely N-dealkylation sites (tertiary alicyclic amines) is 1. The second-order valence-corrected chi connectivity index (χ2v) is 4.42. The first-order chi connectivity index (χ1) is 7.15. The first-order valence-electron chi connectivity index (χ1n) is 5.59. The van der Waals surface area contributed by atoms with Crippen LogP contribution in [0.5, 0.6) is 0 Å². The molecule has 84 valence electrons. The highest BCUT2D eigenvalue weighted by Gasteiger charge is 2.29. The largest absolute Gasteiger partial charge is 0.354 e. The number of amides is 1. The third kappa shape index (κ3) is 3.43. The van der Waals surface area contributed by atoms with Crippen molar-refractivity contribution in [1.82, 2.24) is 10.2 Å². The van der Waals surface area contributed by atoms with Crippen molar-refractivity contribution < 1.29 is 4.79 Å². The number of nitrogens with one attached hydrogen (secondary N) is 1. The van der Waals surface area contributed by atoms with Crippen LogP contribution in [-0.2, 0) is 4.79 Å². The van der Waals surface area contributed by atoms with E-state index < -0.39 is 0 Å². The van der Waals surface area contributed by atoms with E-state index in [2.05, 4.69) is 25.4 Å². The molecule has 1 heterocycles. The van der Waals surface area contributed by atoms with Gasteiger partial charge in [0.05, 0.1) is 0 Å². The molecule has 0 aromatic heterocycles. The Bertz CT molecular complexity index is 257. The van der Waals surface area contributed by atoms with Gasteiger partial charge in [-0.2, -0.15) is 5.26 Å². The van der Waals surface area contributed by atoms with E-state index in [1.54, 1.807) is 4.90 Å². The Morgan fingerprint density at radius 3 is 3.00 bits per heavy atom. The Morgan fingerprint density at radius 1 is 1.67 bits per heavy atom. The minimum Gasteiger partial charge on any atom is -0.354 e. The second kappa shape index (κ2) is 5.59. The van der Waals surface area contributed by atoms with Gasteiger partial charge >= 0.3 is 0 Å². The lowest BCUT2D eigenvalue weighted by atomic mass is 10.1. The molecule has 0 aromatic rings. The topological polar surface area (TPSA) is 56.1 Å². The van der Waals surface area contributed by atoms with Gasteiger partial charge in [-0.1, -0.05) is 13.8 Å². The van der Waals surface area contributed by atoms with Crippen molar-refractivity contribution in [3.8, 4) is 6.19 Å². The minimum absolute atomic E-state index is 0.00898. The summed E-state index contributed by atoms with van der Waals surface area (Å²) in [6.45, 7) is 5.69. The van der Waals surface area contributed by atoms with Crippen molar-refractivity contribution in [2.24, 2.45) is 5.92 Å². The molecule has 0 radical (unpaired) electrons. The number of carbonyl (C=O) groups is 1. The number of rotatable bonds is 4. The van der Waals surface area contributed by atoms with Gasteiger partial charge < -0.3 is 5.32 Å². The molecular formula is C11H19N3O. The number of carbonyl (C=O) groups excluding carboxylic acids is 1. The smallest absolute Gasteiger partial charge is 0.243 e. The third-order valence-corrected chi connectivity index (χ3v) is 2.70. The molecular weight excluding hydrogens is 190 g/mol. The summed E-state index contributed by atoms with van der Waals surface area (Å²) in [6.07, 6.45) is 4.80. The van der Waals surface area contributed by atoms with Crippen molar-refractivity contribution in [3.63, 3.8) is 0 Å². The summed E-state index contributed by atoms with van der Waals surface area (Å²) < 4.78 is 0. The van der Waals surface area contributed by atoms with E-state index in [0.717, 1.165) is 25.8 Å². The molecule has 0 saturated carbocycles. The van der Waals surface area contributed by atoms with Crippen LogP contribution in [0.3, 0.4) is 0 Å². The summed E-state index contributed by atoms with van der Waals surface area (Å²) in [7, 11) is 0. The van der Waals surface area contributed by atoms with Gasteiger partial charge in [0.2, 0.25) is 5.91 Å². The molecule has 0 aromatic carbocycles. The molecule has 0 bridgehead atoms. The number of hydrogen-bond donors (Lipinski definition) is 1. The Kier molecular flexibility index (Phi) is 4.41. The summed E-state index contributed by atoms with van der Waals surface area (Å²) in [5, 5.41) is 11.7. The molecule has 1 aliphatic heterocycles. The monoisotopic (exact) mass is 209 g/mol.